The zero-order valence-electron chi connectivity index (χ0n) is 11.4. The van der Waals surface area contributed by atoms with Crippen LogP contribution in [-0.4, -0.2) is 11.3 Å². The second kappa shape index (κ2) is 7.72. The molecule has 0 bridgehead atoms. The maximum Gasteiger partial charge on any atom is 0.184 e. The Balaban J connectivity index is 2.15. The van der Waals surface area contributed by atoms with Gasteiger partial charge in [-0.25, -0.2) is 4.39 Å². The fourth-order valence-corrected chi connectivity index (χ4v) is 1.92. The van der Waals surface area contributed by atoms with Crippen LogP contribution < -0.4 is 15.9 Å². The Bertz CT molecular complexity index is 709. The molecule has 0 aliphatic heterocycles. The number of benzene rings is 2. The molecule has 2 aromatic rings. The zero-order valence-corrected chi connectivity index (χ0v) is 13.0. The fourth-order valence-electron chi connectivity index (χ4n) is 1.68. The lowest BCUT2D eigenvalue weighted by Gasteiger charge is -2.10. The Morgan fingerprint density at radius 2 is 2.14 bits per heavy atom. The zero-order chi connectivity index (χ0) is 15.9. The van der Waals surface area contributed by atoms with Gasteiger partial charge in [0.1, 0.15) is 18.2 Å². The van der Waals surface area contributed by atoms with Crippen LogP contribution in [0.1, 0.15) is 11.1 Å². The number of ether oxygens (including phenoxy) is 1. The van der Waals surface area contributed by atoms with Crippen LogP contribution in [0, 0.1) is 5.82 Å². The number of nitrogens with one attached hydrogen (secondary N) is 1. The van der Waals surface area contributed by atoms with Crippen molar-refractivity contribution < 1.29 is 9.13 Å². The quantitative estimate of drug-likeness (QED) is 0.499. The van der Waals surface area contributed by atoms with Crippen molar-refractivity contribution in [2.24, 2.45) is 10.8 Å². The summed E-state index contributed by atoms with van der Waals surface area (Å²) >= 11 is 10.7. The van der Waals surface area contributed by atoms with Crippen molar-refractivity contribution >= 4 is 35.1 Å². The first-order valence-corrected chi connectivity index (χ1v) is 7.09. The number of hydrazone groups is 1. The van der Waals surface area contributed by atoms with Gasteiger partial charge in [0.15, 0.2) is 5.11 Å². The van der Waals surface area contributed by atoms with E-state index in [2.05, 4.69) is 22.7 Å². The molecular formula is C15H13ClFN3OS. The maximum absolute atomic E-state index is 13.4. The average Bonchev–Trinajstić information content (AvgIpc) is 2.48. The van der Waals surface area contributed by atoms with E-state index in [4.69, 9.17) is 22.1 Å². The SMILES string of the molecule is NC(=S)NN=Cc1ccc(F)cc1OCc1ccccc1Cl. The van der Waals surface area contributed by atoms with Crippen LogP contribution in [0.3, 0.4) is 0 Å². The number of hydrogen-bond acceptors (Lipinski definition) is 3. The van der Waals surface area contributed by atoms with Crippen LogP contribution in [0.4, 0.5) is 4.39 Å². The molecule has 4 nitrogen and oxygen atoms in total. The molecule has 0 saturated heterocycles. The first-order valence-electron chi connectivity index (χ1n) is 6.30. The average molecular weight is 338 g/mol. The van der Waals surface area contributed by atoms with E-state index in [-0.39, 0.29) is 11.7 Å². The topological polar surface area (TPSA) is 59.6 Å². The Morgan fingerprint density at radius 3 is 2.86 bits per heavy atom. The van der Waals surface area contributed by atoms with Crippen LogP contribution in [0.15, 0.2) is 47.6 Å². The van der Waals surface area contributed by atoms with Gasteiger partial charge in [0.25, 0.3) is 0 Å². The Labute approximate surface area is 137 Å². The van der Waals surface area contributed by atoms with Gasteiger partial charge >= 0.3 is 0 Å². The molecule has 114 valence electrons. The molecule has 7 heteroatoms. The molecule has 3 N–H and O–H groups in total. The third-order valence-corrected chi connectivity index (χ3v) is 3.16. The number of halogens is 2. The van der Waals surface area contributed by atoms with Crippen molar-refractivity contribution in [3.8, 4) is 5.75 Å². The molecule has 0 fully saturated rings. The van der Waals surface area contributed by atoms with Crippen LogP contribution in [0.5, 0.6) is 5.75 Å². The van der Waals surface area contributed by atoms with Crippen molar-refractivity contribution in [1.82, 2.24) is 5.43 Å². The van der Waals surface area contributed by atoms with Gasteiger partial charge in [0, 0.05) is 22.2 Å². The number of thiocarbonyl (C=S) groups is 1. The summed E-state index contributed by atoms with van der Waals surface area (Å²) < 4.78 is 19.0. The predicted molar refractivity (Wildman–Crippen MR) is 89.7 cm³/mol. The molecular weight excluding hydrogens is 325 g/mol. The van der Waals surface area contributed by atoms with E-state index in [1.807, 2.05) is 18.2 Å². The van der Waals surface area contributed by atoms with Gasteiger partial charge in [-0.05, 0) is 30.4 Å². The molecule has 22 heavy (non-hydrogen) atoms. The molecule has 0 amide bonds. The van der Waals surface area contributed by atoms with E-state index in [9.17, 15) is 4.39 Å². The van der Waals surface area contributed by atoms with Crippen LogP contribution in [-0.2, 0) is 6.61 Å². The molecule has 0 spiro atoms. The third kappa shape index (κ3) is 4.68. The molecule has 2 rings (SSSR count). The second-order valence-corrected chi connectivity index (χ2v) is 5.14. The first-order chi connectivity index (χ1) is 10.6. The van der Waals surface area contributed by atoms with Gasteiger partial charge in [0.2, 0.25) is 0 Å². The minimum Gasteiger partial charge on any atom is -0.488 e. The third-order valence-electron chi connectivity index (χ3n) is 2.70. The summed E-state index contributed by atoms with van der Waals surface area (Å²) in [5.41, 5.74) is 9.08. The molecule has 0 aliphatic carbocycles. The van der Waals surface area contributed by atoms with E-state index in [1.54, 1.807) is 12.1 Å². The molecule has 0 aliphatic rings. The van der Waals surface area contributed by atoms with Gasteiger partial charge in [0.05, 0.1) is 6.21 Å². The van der Waals surface area contributed by atoms with E-state index in [1.165, 1.54) is 18.3 Å². The second-order valence-electron chi connectivity index (χ2n) is 4.30. The molecule has 0 radical (unpaired) electrons. The van der Waals surface area contributed by atoms with Gasteiger partial charge in [-0.2, -0.15) is 5.10 Å². The Kier molecular flexibility index (Phi) is 5.68. The summed E-state index contributed by atoms with van der Waals surface area (Å²) in [5.74, 6) is -0.0676. The molecule has 0 atom stereocenters. The number of nitrogens with zero attached hydrogens (tertiary/aromatic N) is 1. The number of rotatable bonds is 5. The summed E-state index contributed by atoms with van der Waals surface area (Å²) in [6, 6.07) is 11.4. The van der Waals surface area contributed by atoms with Crippen molar-refractivity contribution in [2.75, 3.05) is 0 Å². The molecule has 0 heterocycles. The Morgan fingerprint density at radius 1 is 1.36 bits per heavy atom. The highest BCUT2D eigenvalue weighted by Gasteiger charge is 2.06. The number of hydrogen-bond donors (Lipinski definition) is 2. The van der Waals surface area contributed by atoms with Gasteiger partial charge in [-0.15, -0.1) is 0 Å². The van der Waals surface area contributed by atoms with Gasteiger partial charge in [-0.1, -0.05) is 29.8 Å². The van der Waals surface area contributed by atoms with E-state index < -0.39 is 5.82 Å². The fraction of sp³-hybridized carbons (Fsp3) is 0.0667. The van der Waals surface area contributed by atoms with Crippen molar-refractivity contribution in [1.29, 1.82) is 0 Å². The lowest BCUT2D eigenvalue weighted by atomic mass is 10.2. The molecule has 0 aromatic heterocycles. The van der Waals surface area contributed by atoms with Crippen LogP contribution >= 0.6 is 23.8 Å². The van der Waals surface area contributed by atoms with Crippen molar-refractivity contribution in [2.45, 2.75) is 6.61 Å². The minimum atomic E-state index is -0.409. The highest BCUT2D eigenvalue weighted by atomic mass is 35.5. The monoisotopic (exact) mass is 337 g/mol. The predicted octanol–water partition coefficient (Wildman–Crippen LogP) is 3.23. The van der Waals surface area contributed by atoms with Crippen molar-refractivity contribution in [3.63, 3.8) is 0 Å². The summed E-state index contributed by atoms with van der Waals surface area (Å²) in [5, 5.41) is 4.46. The summed E-state index contributed by atoms with van der Waals surface area (Å²) in [6.45, 7) is 0.215. The largest absolute Gasteiger partial charge is 0.488 e. The maximum atomic E-state index is 13.4. The lowest BCUT2D eigenvalue weighted by Crippen LogP contribution is -2.24. The molecule has 0 unspecified atom stereocenters. The highest BCUT2D eigenvalue weighted by molar-refractivity contribution is 7.80. The van der Waals surface area contributed by atoms with E-state index in [0.29, 0.717) is 16.3 Å². The van der Waals surface area contributed by atoms with Crippen LogP contribution in [0.25, 0.3) is 0 Å². The Hall–Kier alpha value is -2.18. The van der Waals surface area contributed by atoms with Crippen molar-refractivity contribution in [3.05, 3.63) is 64.4 Å². The van der Waals surface area contributed by atoms with Crippen LogP contribution in [0.2, 0.25) is 5.02 Å². The van der Waals surface area contributed by atoms with E-state index in [0.717, 1.165) is 5.56 Å². The first kappa shape index (κ1) is 16.2. The number of nitrogens with two attached hydrogens (primary N) is 1. The minimum absolute atomic E-state index is 0.0388. The normalized spacial score (nSPS) is 10.6. The molecule has 2 aromatic carbocycles. The molecule has 0 saturated carbocycles. The van der Waals surface area contributed by atoms with Gasteiger partial charge < -0.3 is 10.5 Å². The lowest BCUT2D eigenvalue weighted by molar-refractivity contribution is 0.304. The summed E-state index contributed by atoms with van der Waals surface area (Å²) in [4.78, 5) is 0. The highest BCUT2D eigenvalue weighted by Crippen LogP contribution is 2.22. The standard InChI is InChI=1S/C15H13ClFN3OS/c16-13-4-2-1-3-11(13)9-21-14-7-12(17)6-5-10(14)8-19-20-15(18)22/h1-8H,9H2,(H3,18,20,22). The summed E-state index contributed by atoms with van der Waals surface area (Å²) in [7, 11) is 0. The van der Waals surface area contributed by atoms with Gasteiger partial charge in [-0.3, -0.25) is 5.43 Å². The smallest absolute Gasteiger partial charge is 0.184 e. The summed E-state index contributed by atoms with van der Waals surface area (Å²) in [6.07, 6.45) is 1.44. The van der Waals surface area contributed by atoms with E-state index >= 15 is 0 Å².